The number of benzene rings is 1. The van der Waals surface area contributed by atoms with Crippen molar-refractivity contribution in [1.82, 2.24) is 15.6 Å². The van der Waals surface area contributed by atoms with E-state index in [0.29, 0.717) is 13.1 Å². The number of aromatic amines is 1. The molecule has 1 aliphatic rings. The molecule has 1 aliphatic heterocycles. The van der Waals surface area contributed by atoms with Crippen molar-refractivity contribution in [2.45, 2.75) is 32.9 Å². The van der Waals surface area contributed by atoms with Gasteiger partial charge in [-0.2, -0.15) is 0 Å². The van der Waals surface area contributed by atoms with Gasteiger partial charge in [0.15, 0.2) is 5.43 Å². The average Bonchev–Trinajstić information content (AvgIpc) is 2.83. The fourth-order valence-electron chi connectivity index (χ4n) is 2.88. The molecule has 1 aromatic heterocycles. The number of hydrogen-bond acceptors (Lipinski definition) is 3. The van der Waals surface area contributed by atoms with Crippen LogP contribution in [0.2, 0.25) is 0 Å². The number of pyridine rings is 1. The summed E-state index contributed by atoms with van der Waals surface area (Å²) in [6.45, 7) is 5.17. The quantitative estimate of drug-likeness (QED) is 0.791. The number of amides is 1. The Morgan fingerprint density at radius 1 is 1.24 bits per heavy atom. The second kappa shape index (κ2) is 5.33. The molecule has 3 rings (SSSR count). The summed E-state index contributed by atoms with van der Waals surface area (Å²) in [5.74, 6) is 0.0324. The lowest BCUT2D eigenvalue weighted by Crippen LogP contribution is -2.36. The van der Waals surface area contributed by atoms with Crippen molar-refractivity contribution in [3.63, 3.8) is 0 Å². The summed E-state index contributed by atoms with van der Waals surface area (Å²) in [6.07, 6.45) is 0.787. The summed E-state index contributed by atoms with van der Waals surface area (Å²) in [5.41, 5.74) is 3.84. The van der Waals surface area contributed by atoms with Crippen LogP contribution >= 0.6 is 0 Å². The molecule has 1 aromatic carbocycles. The molecule has 2 heterocycles. The summed E-state index contributed by atoms with van der Waals surface area (Å²) < 4.78 is 0. The van der Waals surface area contributed by atoms with Crippen LogP contribution in [0.5, 0.6) is 0 Å². The van der Waals surface area contributed by atoms with E-state index in [0.717, 1.165) is 34.1 Å². The van der Waals surface area contributed by atoms with Crippen LogP contribution in [0.1, 0.15) is 23.2 Å². The summed E-state index contributed by atoms with van der Waals surface area (Å²) in [6, 6.07) is 5.41. The van der Waals surface area contributed by atoms with Crippen LogP contribution in [0, 0.1) is 13.8 Å². The predicted octanol–water partition coefficient (Wildman–Crippen LogP) is 1.12. The molecule has 0 saturated carbocycles. The van der Waals surface area contributed by atoms with E-state index in [1.165, 1.54) is 0 Å². The lowest BCUT2D eigenvalue weighted by molar-refractivity contribution is -0.120. The van der Waals surface area contributed by atoms with E-state index in [4.69, 9.17) is 0 Å². The highest BCUT2D eigenvalue weighted by molar-refractivity contribution is 5.84. The predicted molar refractivity (Wildman–Crippen MR) is 82.3 cm³/mol. The second-order valence-corrected chi connectivity index (χ2v) is 5.68. The minimum absolute atomic E-state index is 0.0169. The minimum atomic E-state index is -0.164. The summed E-state index contributed by atoms with van der Waals surface area (Å²) >= 11 is 0. The zero-order valence-corrected chi connectivity index (χ0v) is 12.2. The third kappa shape index (κ3) is 2.69. The molecule has 5 nitrogen and oxygen atoms in total. The first kappa shape index (κ1) is 13.8. The molecule has 1 atom stereocenters. The Morgan fingerprint density at radius 3 is 2.76 bits per heavy atom. The van der Waals surface area contributed by atoms with E-state index in [1.54, 1.807) is 6.07 Å². The molecule has 0 spiro atoms. The summed E-state index contributed by atoms with van der Waals surface area (Å²) in [4.78, 5) is 27.1. The first-order chi connectivity index (χ1) is 10.0. The van der Waals surface area contributed by atoms with Crippen molar-refractivity contribution < 1.29 is 4.79 Å². The molecule has 1 fully saturated rings. The van der Waals surface area contributed by atoms with Gasteiger partial charge in [0.1, 0.15) is 0 Å². The monoisotopic (exact) mass is 285 g/mol. The van der Waals surface area contributed by atoms with E-state index in [1.807, 2.05) is 19.9 Å². The second-order valence-electron chi connectivity index (χ2n) is 5.68. The molecule has 0 radical (unpaired) electrons. The Labute approximate surface area is 122 Å². The van der Waals surface area contributed by atoms with Gasteiger partial charge in [0.25, 0.3) is 0 Å². The fraction of sp³-hybridized carbons (Fsp3) is 0.375. The normalized spacial score (nSPS) is 18.2. The van der Waals surface area contributed by atoms with Crippen LogP contribution in [0.4, 0.5) is 0 Å². The number of rotatable bonds is 3. The van der Waals surface area contributed by atoms with Gasteiger partial charge in [-0.1, -0.05) is 6.07 Å². The molecular formula is C16H19N3O2. The van der Waals surface area contributed by atoms with E-state index >= 15 is 0 Å². The molecule has 0 bridgehead atoms. The van der Waals surface area contributed by atoms with Crippen LogP contribution in [0.15, 0.2) is 23.0 Å². The van der Waals surface area contributed by atoms with Crippen LogP contribution < -0.4 is 16.1 Å². The number of carbonyl (C=O) groups is 1. The fourth-order valence-corrected chi connectivity index (χ4v) is 2.88. The smallest absolute Gasteiger partial charge is 0.237 e. The molecule has 0 aliphatic carbocycles. The highest BCUT2D eigenvalue weighted by Gasteiger charge is 2.23. The number of aryl methyl sites for hydroxylation is 2. The topological polar surface area (TPSA) is 74.0 Å². The minimum Gasteiger partial charge on any atom is -0.357 e. The van der Waals surface area contributed by atoms with Gasteiger partial charge in [0.2, 0.25) is 5.91 Å². The van der Waals surface area contributed by atoms with Crippen LogP contribution in [0.25, 0.3) is 10.9 Å². The van der Waals surface area contributed by atoms with Gasteiger partial charge < -0.3 is 15.6 Å². The largest absolute Gasteiger partial charge is 0.357 e. The maximum Gasteiger partial charge on any atom is 0.237 e. The molecule has 1 amide bonds. The third-order valence-electron chi connectivity index (χ3n) is 3.92. The molecule has 21 heavy (non-hydrogen) atoms. The SMILES string of the molecule is Cc1cc(C)c2[nH]c(CNC3CCNC3=O)cc(=O)c2c1. The van der Waals surface area contributed by atoms with Crippen molar-refractivity contribution in [2.24, 2.45) is 0 Å². The van der Waals surface area contributed by atoms with Gasteiger partial charge in [-0.25, -0.2) is 0 Å². The zero-order valence-electron chi connectivity index (χ0n) is 12.2. The van der Waals surface area contributed by atoms with E-state index < -0.39 is 0 Å². The van der Waals surface area contributed by atoms with Gasteiger partial charge in [-0.3, -0.25) is 9.59 Å². The number of H-pyrrole nitrogens is 1. The van der Waals surface area contributed by atoms with E-state index in [-0.39, 0.29) is 17.4 Å². The Balaban J connectivity index is 1.90. The number of nitrogens with one attached hydrogen (secondary N) is 3. The molecule has 1 unspecified atom stereocenters. The van der Waals surface area contributed by atoms with Crippen molar-refractivity contribution >= 4 is 16.8 Å². The van der Waals surface area contributed by atoms with Crippen molar-refractivity contribution in [1.29, 1.82) is 0 Å². The molecule has 2 aromatic rings. The Kier molecular flexibility index (Phi) is 3.51. The van der Waals surface area contributed by atoms with Gasteiger partial charge in [-0.05, 0) is 37.5 Å². The van der Waals surface area contributed by atoms with Crippen LogP contribution in [0.3, 0.4) is 0 Å². The first-order valence-corrected chi connectivity index (χ1v) is 7.19. The average molecular weight is 285 g/mol. The number of fused-ring (bicyclic) bond motifs is 1. The number of aromatic nitrogens is 1. The summed E-state index contributed by atoms with van der Waals surface area (Å²) in [5, 5.41) is 6.69. The Bertz CT molecular complexity index is 764. The van der Waals surface area contributed by atoms with Gasteiger partial charge >= 0.3 is 0 Å². The van der Waals surface area contributed by atoms with Gasteiger partial charge in [-0.15, -0.1) is 0 Å². The Morgan fingerprint density at radius 2 is 2.05 bits per heavy atom. The van der Waals surface area contributed by atoms with Crippen molar-refractivity contribution in [3.05, 3.63) is 45.2 Å². The maximum absolute atomic E-state index is 12.2. The van der Waals surface area contributed by atoms with Crippen molar-refractivity contribution in [2.75, 3.05) is 6.54 Å². The molecule has 110 valence electrons. The van der Waals surface area contributed by atoms with E-state index in [9.17, 15) is 9.59 Å². The highest BCUT2D eigenvalue weighted by atomic mass is 16.2. The summed E-state index contributed by atoms with van der Waals surface area (Å²) in [7, 11) is 0. The standard InChI is InChI=1S/C16H19N3O2/c1-9-5-10(2)15-12(6-9)14(20)7-11(19-15)8-18-13-3-4-17-16(13)21/h5-7,13,18H,3-4,8H2,1-2H3,(H,17,21)(H,19,20). The lowest BCUT2D eigenvalue weighted by Gasteiger charge is -2.11. The zero-order chi connectivity index (χ0) is 15.0. The molecule has 5 heteroatoms. The molecular weight excluding hydrogens is 266 g/mol. The Hall–Kier alpha value is -2.14. The first-order valence-electron chi connectivity index (χ1n) is 7.19. The van der Waals surface area contributed by atoms with Gasteiger partial charge in [0.05, 0.1) is 11.6 Å². The van der Waals surface area contributed by atoms with Crippen LogP contribution in [-0.2, 0) is 11.3 Å². The maximum atomic E-state index is 12.2. The third-order valence-corrected chi connectivity index (χ3v) is 3.92. The number of carbonyl (C=O) groups excluding carboxylic acids is 1. The molecule has 3 N–H and O–H groups in total. The van der Waals surface area contributed by atoms with Crippen LogP contribution in [-0.4, -0.2) is 23.5 Å². The molecule has 1 saturated heterocycles. The van der Waals surface area contributed by atoms with Gasteiger partial charge in [0, 0.05) is 30.2 Å². The lowest BCUT2D eigenvalue weighted by atomic mass is 10.1. The van der Waals surface area contributed by atoms with E-state index in [2.05, 4.69) is 21.7 Å². The van der Waals surface area contributed by atoms with Crippen molar-refractivity contribution in [3.8, 4) is 0 Å². The highest BCUT2D eigenvalue weighted by Crippen LogP contribution is 2.16. The number of hydrogen-bond donors (Lipinski definition) is 3.